The number of hydrogen-bond acceptors (Lipinski definition) is 4. The minimum Gasteiger partial charge on any atom is -0.361 e. The maximum atomic E-state index is 4.99. The van der Waals surface area contributed by atoms with E-state index in [-0.39, 0.29) is 12.4 Å². The molecule has 0 bridgehead atoms. The van der Waals surface area contributed by atoms with Crippen molar-refractivity contribution >= 4 is 40.8 Å². The minimum absolute atomic E-state index is 0. The van der Waals surface area contributed by atoms with E-state index in [2.05, 4.69) is 52.5 Å². The molecule has 2 aliphatic rings. The lowest BCUT2D eigenvalue weighted by molar-refractivity contribution is 0.242. The van der Waals surface area contributed by atoms with Crippen LogP contribution in [-0.2, 0) is 6.42 Å². The molecule has 1 saturated heterocycles. The maximum Gasteiger partial charge on any atom is 0.229 e. The maximum absolute atomic E-state index is 4.99. The fourth-order valence-corrected chi connectivity index (χ4v) is 5.23. The van der Waals surface area contributed by atoms with E-state index in [1.807, 2.05) is 6.20 Å². The standard InChI is InChI=1S/C24H31N5.ClH/c1-2-6-19-16-23(29-14-5-8-18-7-3-4-9-22(18)29)28-24(26-19)27-20-11-10-17-12-13-25-21(17)15-20;/h10-13,15-16,18,22,25H,2-9,14H2,1H3,(H,26,27,28);1H. The van der Waals surface area contributed by atoms with Gasteiger partial charge < -0.3 is 15.2 Å². The van der Waals surface area contributed by atoms with E-state index in [9.17, 15) is 0 Å². The van der Waals surface area contributed by atoms with Crippen LogP contribution in [0, 0.1) is 5.92 Å². The van der Waals surface area contributed by atoms with Crippen LogP contribution < -0.4 is 10.2 Å². The summed E-state index contributed by atoms with van der Waals surface area (Å²) in [6.07, 6.45) is 12.2. The normalized spacial score (nSPS) is 21.2. The highest BCUT2D eigenvalue weighted by atomic mass is 35.5. The quantitative estimate of drug-likeness (QED) is 0.508. The van der Waals surface area contributed by atoms with Gasteiger partial charge in [-0.3, -0.25) is 0 Å². The molecule has 1 aliphatic carbocycles. The molecule has 0 spiro atoms. The number of nitrogens with zero attached hydrogens (tertiary/aromatic N) is 3. The number of benzene rings is 1. The van der Waals surface area contributed by atoms with Crippen molar-refractivity contribution in [1.82, 2.24) is 15.0 Å². The van der Waals surface area contributed by atoms with Gasteiger partial charge in [-0.1, -0.05) is 32.3 Å². The largest absolute Gasteiger partial charge is 0.361 e. The molecule has 3 heterocycles. The van der Waals surface area contributed by atoms with E-state index in [4.69, 9.17) is 9.97 Å². The predicted octanol–water partition coefficient (Wildman–Crippen LogP) is 6.23. The van der Waals surface area contributed by atoms with Crippen molar-refractivity contribution in [2.24, 2.45) is 5.92 Å². The average molecular weight is 426 g/mol. The molecule has 30 heavy (non-hydrogen) atoms. The van der Waals surface area contributed by atoms with Gasteiger partial charge >= 0.3 is 0 Å². The van der Waals surface area contributed by atoms with Crippen molar-refractivity contribution in [1.29, 1.82) is 0 Å². The Labute approximate surface area is 185 Å². The first-order valence-corrected chi connectivity index (χ1v) is 11.3. The zero-order valence-electron chi connectivity index (χ0n) is 17.7. The van der Waals surface area contributed by atoms with Crippen LogP contribution in [0.4, 0.5) is 17.5 Å². The molecular weight excluding hydrogens is 394 g/mol. The van der Waals surface area contributed by atoms with Gasteiger partial charge in [-0.2, -0.15) is 4.98 Å². The summed E-state index contributed by atoms with van der Waals surface area (Å²) in [4.78, 5) is 15.7. The van der Waals surface area contributed by atoms with Gasteiger partial charge in [0.05, 0.1) is 0 Å². The first kappa shape index (κ1) is 21.0. The predicted molar refractivity (Wildman–Crippen MR) is 127 cm³/mol. The van der Waals surface area contributed by atoms with Crippen LogP contribution in [0.3, 0.4) is 0 Å². The summed E-state index contributed by atoms with van der Waals surface area (Å²) in [5.74, 6) is 2.67. The monoisotopic (exact) mass is 425 g/mol. The van der Waals surface area contributed by atoms with Crippen LogP contribution in [0.5, 0.6) is 0 Å². The van der Waals surface area contributed by atoms with Crippen molar-refractivity contribution in [3.8, 4) is 0 Å². The Morgan fingerprint density at radius 1 is 1.07 bits per heavy atom. The van der Waals surface area contributed by atoms with Crippen molar-refractivity contribution in [2.75, 3.05) is 16.8 Å². The minimum atomic E-state index is 0. The molecular formula is C24H32ClN5. The smallest absolute Gasteiger partial charge is 0.229 e. The fourth-order valence-electron chi connectivity index (χ4n) is 5.23. The van der Waals surface area contributed by atoms with E-state index in [1.54, 1.807) is 0 Å². The summed E-state index contributed by atoms with van der Waals surface area (Å²) in [6.45, 7) is 3.34. The lowest BCUT2D eigenvalue weighted by Crippen LogP contribution is -2.47. The van der Waals surface area contributed by atoms with Crippen molar-refractivity contribution in [3.05, 3.63) is 42.2 Å². The average Bonchev–Trinajstić information content (AvgIpc) is 3.21. The Bertz CT molecular complexity index is 983. The Hall–Kier alpha value is -2.27. The van der Waals surface area contributed by atoms with Crippen molar-refractivity contribution in [2.45, 2.75) is 64.3 Å². The zero-order chi connectivity index (χ0) is 19.6. The molecule has 2 fully saturated rings. The van der Waals surface area contributed by atoms with Crippen molar-refractivity contribution < 1.29 is 0 Å². The molecule has 2 aromatic heterocycles. The van der Waals surface area contributed by atoms with Crippen molar-refractivity contribution in [3.63, 3.8) is 0 Å². The number of rotatable bonds is 5. The second-order valence-corrected chi connectivity index (χ2v) is 8.64. The highest BCUT2D eigenvalue weighted by molar-refractivity contribution is 5.85. The highest BCUT2D eigenvalue weighted by Gasteiger charge is 2.34. The van der Waals surface area contributed by atoms with Gasteiger partial charge in [0.1, 0.15) is 5.82 Å². The molecule has 2 N–H and O–H groups in total. The van der Waals surface area contributed by atoms with Crippen LogP contribution in [0.25, 0.3) is 10.9 Å². The van der Waals surface area contributed by atoms with E-state index in [0.717, 1.165) is 54.0 Å². The summed E-state index contributed by atoms with van der Waals surface area (Å²) in [7, 11) is 0. The van der Waals surface area contributed by atoms with Crippen LogP contribution in [0.2, 0.25) is 0 Å². The van der Waals surface area contributed by atoms with Gasteiger partial charge in [-0.15, -0.1) is 12.4 Å². The number of H-pyrrole nitrogens is 1. The number of fused-ring (bicyclic) bond motifs is 2. The Kier molecular flexibility index (Phi) is 6.47. The summed E-state index contributed by atoms with van der Waals surface area (Å²) < 4.78 is 0. The zero-order valence-corrected chi connectivity index (χ0v) is 18.5. The Morgan fingerprint density at radius 3 is 2.83 bits per heavy atom. The summed E-state index contributed by atoms with van der Waals surface area (Å²) in [5.41, 5.74) is 3.29. The molecule has 0 amide bonds. The summed E-state index contributed by atoms with van der Waals surface area (Å²) >= 11 is 0. The number of halogens is 1. The fraction of sp³-hybridized carbons (Fsp3) is 0.500. The molecule has 2 atom stereocenters. The lowest BCUT2D eigenvalue weighted by Gasteiger charge is -2.44. The Morgan fingerprint density at radius 2 is 1.93 bits per heavy atom. The Balaban J connectivity index is 0.00000218. The van der Waals surface area contributed by atoms with Gasteiger partial charge in [0.15, 0.2) is 0 Å². The highest BCUT2D eigenvalue weighted by Crippen LogP contribution is 2.37. The molecule has 0 radical (unpaired) electrons. The van der Waals surface area contributed by atoms with Gasteiger partial charge in [-0.05, 0) is 61.6 Å². The van der Waals surface area contributed by atoms with E-state index in [0.29, 0.717) is 6.04 Å². The van der Waals surface area contributed by atoms with Crippen LogP contribution in [0.15, 0.2) is 36.5 Å². The first-order valence-electron chi connectivity index (χ1n) is 11.3. The number of nitrogens with one attached hydrogen (secondary N) is 2. The van der Waals surface area contributed by atoms with Crippen LogP contribution in [0.1, 0.15) is 57.6 Å². The third kappa shape index (κ3) is 4.27. The number of aromatic amines is 1. The lowest BCUT2D eigenvalue weighted by atomic mass is 9.78. The summed E-state index contributed by atoms with van der Waals surface area (Å²) in [6, 6.07) is 11.3. The molecule has 3 aromatic rings. The van der Waals surface area contributed by atoms with Gasteiger partial charge in [0, 0.05) is 41.7 Å². The molecule has 1 aliphatic heterocycles. The van der Waals surface area contributed by atoms with E-state index >= 15 is 0 Å². The number of aryl methyl sites for hydroxylation is 1. The molecule has 160 valence electrons. The summed E-state index contributed by atoms with van der Waals surface area (Å²) in [5, 5.41) is 4.68. The molecule has 1 aromatic carbocycles. The molecule has 6 heteroatoms. The van der Waals surface area contributed by atoms with Crippen LogP contribution >= 0.6 is 12.4 Å². The number of aromatic nitrogens is 3. The molecule has 5 rings (SSSR count). The second-order valence-electron chi connectivity index (χ2n) is 8.64. The number of hydrogen-bond donors (Lipinski definition) is 2. The SMILES string of the molecule is CCCc1cc(N2CCCC3CCCCC32)nc(Nc2ccc3cc[nH]c3c2)n1.Cl. The molecule has 2 unspecified atom stereocenters. The topological polar surface area (TPSA) is 56.8 Å². The van der Waals surface area contributed by atoms with E-state index < -0.39 is 0 Å². The van der Waals surface area contributed by atoms with Gasteiger partial charge in [-0.25, -0.2) is 4.98 Å². The third-order valence-corrected chi connectivity index (χ3v) is 6.62. The van der Waals surface area contributed by atoms with Gasteiger partial charge in [0.2, 0.25) is 5.95 Å². The van der Waals surface area contributed by atoms with E-state index in [1.165, 1.54) is 43.9 Å². The second kappa shape index (κ2) is 9.25. The number of piperidine rings is 1. The molecule has 1 saturated carbocycles. The third-order valence-electron chi connectivity index (χ3n) is 6.62. The molecule has 5 nitrogen and oxygen atoms in total. The number of anilines is 3. The van der Waals surface area contributed by atoms with Crippen LogP contribution in [-0.4, -0.2) is 27.5 Å². The first-order chi connectivity index (χ1) is 14.3. The van der Waals surface area contributed by atoms with Gasteiger partial charge in [0.25, 0.3) is 0 Å².